The van der Waals surface area contributed by atoms with Gasteiger partial charge in [0.05, 0.1) is 4.90 Å². The second-order valence-electron chi connectivity index (χ2n) is 3.93. The first-order valence-electron chi connectivity index (χ1n) is 5.19. The quantitative estimate of drug-likeness (QED) is 0.777. The van der Waals surface area contributed by atoms with E-state index in [0.29, 0.717) is 10.6 Å². The lowest BCUT2D eigenvalue weighted by Gasteiger charge is -2.06. The summed E-state index contributed by atoms with van der Waals surface area (Å²) in [5, 5.41) is 0.638. The highest BCUT2D eigenvalue weighted by Crippen LogP contribution is 2.27. The minimum atomic E-state index is -3.69. The smallest absolute Gasteiger partial charge is 0.207 e. The molecule has 0 bridgehead atoms. The first kappa shape index (κ1) is 13.4. The van der Waals surface area contributed by atoms with E-state index in [1.54, 1.807) is 25.1 Å². The van der Waals surface area contributed by atoms with Gasteiger partial charge in [0.25, 0.3) is 9.05 Å². The largest absolute Gasteiger partial charge is 0.261 e. The molecule has 0 saturated carbocycles. The Morgan fingerprint density at radius 1 is 1.00 bits per heavy atom. The number of rotatable bonds is 2. The SMILES string of the molecule is Cc1cc(-c2cccc(Cl)c2)ccc1S(=O)(=O)Cl. The Labute approximate surface area is 116 Å². The summed E-state index contributed by atoms with van der Waals surface area (Å²) < 4.78 is 22.6. The summed E-state index contributed by atoms with van der Waals surface area (Å²) in [6, 6.07) is 12.4. The number of hydrogen-bond donors (Lipinski definition) is 0. The van der Waals surface area contributed by atoms with E-state index in [-0.39, 0.29) is 4.90 Å². The van der Waals surface area contributed by atoms with Gasteiger partial charge in [-0.15, -0.1) is 0 Å². The van der Waals surface area contributed by atoms with E-state index >= 15 is 0 Å². The van der Waals surface area contributed by atoms with Gasteiger partial charge in [-0.25, -0.2) is 8.42 Å². The maximum absolute atomic E-state index is 11.3. The first-order valence-corrected chi connectivity index (χ1v) is 7.88. The molecule has 0 heterocycles. The van der Waals surface area contributed by atoms with Crippen LogP contribution in [0.3, 0.4) is 0 Å². The molecule has 2 rings (SSSR count). The predicted molar refractivity (Wildman–Crippen MR) is 74.7 cm³/mol. The lowest BCUT2D eigenvalue weighted by atomic mass is 10.0. The minimum Gasteiger partial charge on any atom is -0.207 e. The van der Waals surface area contributed by atoms with Crippen molar-refractivity contribution in [1.82, 2.24) is 0 Å². The molecule has 0 fully saturated rings. The lowest BCUT2D eigenvalue weighted by molar-refractivity contribution is 0.609. The average Bonchev–Trinajstić information content (AvgIpc) is 2.27. The third-order valence-corrected chi connectivity index (χ3v) is 4.31. The second-order valence-corrected chi connectivity index (χ2v) is 6.90. The van der Waals surface area contributed by atoms with Crippen LogP contribution in [0.1, 0.15) is 5.56 Å². The molecule has 0 radical (unpaired) electrons. The maximum atomic E-state index is 11.3. The third kappa shape index (κ3) is 2.86. The molecule has 0 aliphatic carbocycles. The van der Waals surface area contributed by atoms with Crippen LogP contribution in [0.4, 0.5) is 0 Å². The summed E-state index contributed by atoms with van der Waals surface area (Å²) in [6.45, 7) is 1.71. The Bertz CT molecular complexity index is 694. The zero-order chi connectivity index (χ0) is 13.3. The Morgan fingerprint density at radius 2 is 1.67 bits per heavy atom. The molecular formula is C13H10Cl2O2S. The van der Waals surface area contributed by atoms with Crippen LogP contribution < -0.4 is 0 Å². The van der Waals surface area contributed by atoms with Gasteiger partial charge < -0.3 is 0 Å². The summed E-state index contributed by atoms with van der Waals surface area (Å²) in [6.07, 6.45) is 0. The number of halogens is 2. The highest BCUT2D eigenvalue weighted by Gasteiger charge is 2.13. The number of hydrogen-bond acceptors (Lipinski definition) is 2. The van der Waals surface area contributed by atoms with Gasteiger partial charge in [-0.1, -0.05) is 35.9 Å². The molecule has 0 amide bonds. The van der Waals surface area contributed by atoms with Crippen molar-refractivity contribution in [2.24, 2.45) is 0 Å². The molecule has 18 heavy (non-hydrogen) atoms. The Balaban J connectivity index is 2.53. The van der Waals surface area contributed by atoms with Crippen LogP contribution in [0.2, 0.25) is 5.02 Å². The van der Waals surface area contributed by atoms with Crippen LogP contribution in [0.5, 0.6) is 0 Å². The van der Waals surface area contributed by atoms with Crippen molar-refractivity contribution in [3.05, 3.63) is 53.1 Å². The van der Waals surface area contributed by atoms with Crippen LogP contribution in [0.15, 0.2) is 47.4 Å². The Kier molecular flexibility index (Phi) is 3.66. The van der Waals surface area contributed by atoms with Crippen molar-refractivity contribution >= 4 is 31.3 Å². The van der Waals surface area contributed by atoms with Crippen molar-refractivity contribution < 1.29 is 8.42 Å². The van der Waals surface area contributed by atoms with E-state index in [0.717, 1.165) is 11.1 Å². The van der Waals surface area contributed by atoms with Gasteiger partial charge in [0.15, 0.2) is 0 Å². The summed E-state index contributed by atoms with van der Waals surface area (Å²) in [5.41, 5.74) is 2.45. The fourth-order valence-corrected chi connectivity index (χ4v) is 3.15. The van der Waals surface area contributed by atoms with Crippen molar-refractivity contribution in [2.75, 3.05) is 0 Å². The molecule has 0 aliphatic heterocycles. The molecule has 0 aromatic heterocycles. The molecule has 0 unspecified atom stereocenters. The highest BCUT2D eigenvalue weighted by atomic mass is 35.7. The van der Waals surface area contributed by atoms with Crippen LogP contribution in [-0.2, 0) is 9.05 Å². The zero-order valence-electron chi connectivity index (χ0n) is 9.52. The predicted octanol–water partition coefficient (Wildman–Crippen LogP) is 4.24. The van der Waals surface area contributed by atoms with Crippen LogP contribution in [0.25, 0.3) is 11.1 Å². The molecule has 5 heteroatoms. The summed E-state index contributed by atoms with van der Waals surface area (Å²) >= 11 is 5.92. The minimum absolute atomic E-state index is 0.134. The summed E-state index contributed by atoms with van der Waals surface area (Å²) in [7, 11) is 1.64. The van der Waals surface area contributed by atoms with Crippen molar-refractivity contribution in [3.63, 3.8) is 0 Å². The number of benzene rings is 2. The lowest BCUT2D eigenvalue weighted by Crippen LogP contribution is -1.94. The summed E-state index contributed by atoms with van der Waals surface area (Å²) in [5.74, 6) is 0. The van der Waals surface area contributed by atoms with Gasteiger partial charge in [-0.3, -0.25) is 0 Å². The van der Waals surface area contributed by atoms with E-state index in [4.69, 9.17) is 22.3 Å². The van der Waals surface area contributed by atoms with Gasteiger partial charge >= 0.3 is 0 Å². The van der Waals surface area contributed by atoms with E-state index in [9.17, 15) is 8.42 Å². The summed E-state index contributed by atoms with van der Waals surface area (Å²) in [4.78, 5) is 0.134. The Hall–Kier alpha value is -1.03. The van der Waals surface area contributed by atoms with E-state index in [2.05, 4.69) is 0 Å². The zero-order valence-corrected chi connectivity index (χ0v) is 11.9. The van der Waals surface area contributed by atoms with Gasteiger partial charge in [0, 0.05) is 15.7 Å². The average molecular weight is 301 g/mol. The molecular weight excluding hydrogens is 291 g/mol. The molecule has 0 spiro atoms. The third-order valence-electron chi connectivity index (χ3n) is 2.60. The maximum Gasteiger partial charge on any atom is 0.261 e. The van der Waals surface area contributed by atoms with E-state index < -0.39 is 9.05 Å². The Morgan fingerprint density at radius 3 is 2.22 bits per heavy atom. The number of aryl methyl sites for hydroxylation is 1. The molecule has 0 atom stereocenters. The standard InChI is InChI=1S/C13H10Cl2O2S/c1-9-7-11(5-6-13(9)18(15,16)17)10-3-2-4-12(14)8-10/h2-8H,1H3. The molecule has 2 aromatic carbocycles. The van der Waals surface area contributed by atoms with Gasteiger partial charge in [-0.05, 0) is 41.8 Å². The van der Waals surface area contributed by atoms with E-state index in [1.165, 1.54) is 6.07 Å². The molecule has 0 saturated heterocycles. The fourth-order valence-electron chi connectivity index (χ4n) is 1.77. The van der Waals surface area contributed by atoms with Crippen LogP contribution in [0, 0.1) is 6.92 Å². The van der Waals surface area contributed by atoms with Gasteiger partial charge in [-0.2, -0.15) is 0 Å². The van der Waals surface area contributed by atoms with Crippen molar-refractivity contribution in [1.29, 1.82) is 0 Å². The molecule has 0 aliphatic rings. The normalized spacial score (nSPS) is 11.5. The topological polar surface area (TPSA) is 34.1 Å². The fraction of sp³-hybridized carbons (Fsp3) is 0.0769. The van der Waals surface area contributed by atoms with Crippen LogP contribution >= 0.6 is 22.3 Å². The second kappa shape index (κ2) is 4.92. The molecule has 2 aromatic rings. The van der Waals surface area contributed by atoms with Crippen LogP contribution in [-0.4, -0.2) is 8.42 Å². The molecule has 2 nitrogen and oxygen atoms in total. The monoisotopic (exact) mass is 300 g/mol. The van der Waals surface area contributed by atoms with Gasteiger partial charge in [0.1, 0.15) is 0 Å². The molecule has 0 N–H and O–H groups in total. The first-order chi connectivity index (χ1) is 8.38. The van der Waals surface area contributed by atoms with E-state index in [1.807, 2.05) is 18.2 Å². The molecule has 94 valence electrons. The van der Waals surface area contributed by atoms with Gasteiger partial charge in [0.2, 0.25) is 0 Å². The van der Waals surface area contributed by atoms with Crippen molar-refractivity contribution in [3.8, 4) is 11.1 Å². The highest BCUT2D eigenvalue weighted by molar-refractivity contribution is 8.13. The van der Waals surface area contributed by atoms with Crippen molar-refractivity contribution in [2.45, 2.75) is 11.8 Å².